The number of piperidine rings is 1. The summed E-state index contributed by atoms with van der Waals surface area (Å²) in [6, 6.07) is 3.72. The Bertz CT molecular complexity index is 572. The number of ether oxygens (including phenoxy) is 1. The Morgan fingerprint density at radius 2 is 2.20 bits per heavy atom. The lowest BCUT2D eigenvalue weighted by molar-refractivity contribution is -0.139. The number of halogens is 1. The lowest BCUT2D eigenvalue weighted by Gasteiger charge is -2.22. The van der Waals surface area contributed by atoms with E-state index in [0.717, 1.165) is 6.07 Å². The lowest BCUT2D eigenvalue weighted by atomic mass is 10.1. The van der Waals surface area contributed by atoms with Crippen LogP contribution < -0.4 is 10.1 Å². The van der Waals surface area contributed by atoms with Crippen molar-refractivity contribution in [1.29, 1.82) is 0 Å². The average Bonchev–Trinajstić information content (AvgIpc) is 2.36. The van der Waals surface area contributed by atoms with Crippen LogP contribution >= 0.6 is 0 Å². The second-order valence-electron chi connectivity index (χ2n) is 4.38. The van der Waals surface area contributed by atoms with Gasteiger partial charge in [-0.05, 0) is 11.6 Å². The van der Waals surface area contributed by atoms with Gasteiger partial charge in [-0.3, -0.25) is 19.7 Å². The van der Waals surface area contributed by atoms with Crippen LogP contribution in [-0.2, 0) is 20.8 Å². The molecule has 106 valence electrons. The molecule has 1 aliphatic heterocycles. The van der Waals surface area contributed by atoms with Crippen molar-refractivity contribution in [3.63, 3.8) is 0 Å². The Labute approximate surface area is 113 Å². The Morgan fingerprint density at radius 3 is 2.80 bits per heavy atom. The van der Waals surface area contributed by atoms with Crippen molar-refractivity contribution in [2.45, 2.75) is 25.4 Å². The van der Waals surface area contributed by atoms with E-state index in [1.165, 1.54) is 12.1 Å². The van der Waals surface area contributed by atoms with E-state index in [9.17, 15) is 18.8 Å². The Kier molecular flexibility index (Phi) is 3.97. The van der Waals surface area contributed by atoms with Gasteiger partial charge < -0.3 is 9.84 Å². The molecule has 0 spiro atoms. The molecule has 1 unspecified atom stereocenters. The normalized spacial score (nSPS) is 18.6. The standard InChI is InChI=1S/C13H12FNO5/c14-9-6-8(2-1-7(9)5-12(17)18)20-10-3-4-11(16)15-13(10)19/h1-2,6,10H,3-5H2,(H,17,18)(H,15,16,19). The Balaban J connectivity index is 2.07. The van der Waals surface area contributed by atoms with Crippen molar-refractivity contribution in [1.82, 2.24) is 5.32 Å². The third-order valence-electron chi connectivity index (χ3n) is 2.83. The maximum atomic E-state index is 13.6. The summed E-state index contributed by atoms with van der Waals surface area (Å²) in [7, 11) is 0. The molecule has 0 aromatic heterocycles. The van der Waals surface area contributed by atoms with Crippen LogP contribution in [0.1, 0.15) is 18.4 Å². The van der Waals surface area contributed by atoms with Crippen molar-refractivity contribution in [3.8, 4) is 5.75 Å². The zero-order valence-corrected chi connectivity index (χ0v) is 10.4. The third-order valence-corrected chi connectivity index (χ3v) is 2.83. The molecule has 0 bridgehead atoms. The van der Waals surface area contributed by atoms with Gasteiger partial charge in [-0.1, -0.05) is 6.07 Å². The van der Waals surface area contributed by atoms with Crippen LogP contribution in [0.3, 0.4) is 0 Å². The number of carbonyl (C=O) groups is 3. The van der Waals surface area contributed by atoms with E-state index in [1.807, 2.05) is 0 Å². The minimum Gasteiger partial charge on any atom is -0.481 e. The molecule has 20 heavy (non-hydrogen) atoms. The van der Waals surface area contributed by atoms with Gasteiger partial charge in [0.2, 0.25) is 5.91 Å². The molecule has 1 atom stereocenters. The van der Waals surface area contributed by atoms with E-state index in [1.54, 1.807) is 0 Å². The summed E-state index contributed by atoms with van der Waals surface area (Å²) in [5, 5.41) is 10.7. The number of amides is 2. The topological polar surface area (TPSA) is 92.7 Å². The van der Waals surface area contributed by atoms with E-state index < -0.39 is 30.2 Å². The average molecular weight is 281 g/mol. The first-order valence-electron chi connectivity index (χ1n) is 5.96. The highest BCUT2D eigenvalue weighted by molar-refractivity contribution is 5.99. The van der Waals surface area contributed by atoms with Crippen LogP contribution in [0.5, 0.6) is 5.75 Å². The molecule has 7 heteroatoms. The molecule has 1 fully saturated rings. The fourth-order valence-corrected chi connectivity index (χ4v) is 1.86. The number of aliphatic carboxylic acids is 1. The van der Waals surface area contributed by atoms with Crippen molar-refractivity contribution in [2.24, 2.45) is 0 Å². The molecular weight excluding hydrogens is 269 g/mol. The van der Waals surface area contributed by atoms with E-state index >= 15 is 0 Å². The first-order valence-corrected chi connectivity index (χ1v) is 5.96. The Morgan fingerprint density at radius 1 is 1.45 bits per heavy atom. The first kappa shape index (κ1) is 14.0. The van der Waals surface area contributed by atoms with Gasteiger partial charge in [-0.25, -0.2) is 4.39 Å². The highest BCUT2D eigenvalue weighted by Crippen LogP contribution is 2.20. The number of carbonyl (C=O) groups excluding carboxylic acids is 2. The maximum Gasteiger partial charge on any atom is 0.307 e. The van der Waals surface area contributed by atoms with Crippen molar-refractivity contribution in [2.75, 3.05) is 0 Å². The second kappa shape index (κ2) is 5.68. The lowest BCUT2D eigenvalue weighted by Crippen LogP contribution is -2.46. The quantitative estimate of drug-likeness (QED) is 0.790. The van der Waals surface area contributed by atoms with E-state index in [2.05, 4.69) is 5.32 Å². The summed E-state index contributed by atoms with van der Waals surface area (Å²) in [6.07, 6.45) is -0.888. The first-order chi connectivity index (χ1) is 9.45. The molecule has 0 saturated carbocycles. The number of imide groups is 1. The molecule has 1 saturated heterocycles. The summed E-state index contributed by atoms with van der Waals surface area (Å²) in [5.41, 5.74) is 0.0353. The molecule has 1 aromatic rings. The van der Waals surface area contributed by atoms with E-state index in [0.29, 0.717) is 0 Å². The second-order valence-corrected chi connectivity index (χ2v) is 4.38. The minimum atomic E-state index is -1.14. The molecule has 6 nitrogen and oxygen atoms in total. The predicted molar refractivity (Wildman–Crippen MR) is 64.5 cm³/mol. The number of hydrogen-bond donors (Lipinski definition) is 2. The van der Waals surface area contributed by atoms with Crippen molar-refractivity contribution in [3.05, 3.63) is 29.6 Å². The smallest absolute Gasteiger partial charge is 0.307 e. The molecule has 2 rings (SSSR count). The minimum absolute atomic E-state index is 0.0353. The molecule has 0 aliphatic carbocycles. The molecule has 1 aliphatic rings. The van der Waals surface area contributed by atoms with Gasteiger partial charge in [-0.2, -0.15) is 0 Å². The van der Waals surface area contributed by atoms with Crippen molar-refractivity contribution < 1.29 is 28.6 Å². The van der Waals surface area contributed by atoms with Gasteiger partial charge >= 0.3 is 5.97 Å². The summed E-state index contributed by atoms with van der Waals surface area (Å²) in [5.74, 6) is -2.65. The van der Waals surface area contributed by atoms with Gasteiger partial charge in [0.25, 0.3) is 5.91 Å². The van der Waals surface area contributed by atoms with Gasteiger partial charge in [-0.15, -0.1) is 0 Å². The summed E-state index contributed by atoms with van der Waals surface area (Å²) >= 11 is 0. The van der Waals surface area contributed by atoms with Crippen LogP contribution in [0.15, 0.2) is 18.2 Å². The van der Waals surface area contributed by atoms with Crippen LogP contribution in [0.25, 0.3) is 0 Å². The molecule has 1 aromatic carbocycles. The fraction of sp³-hybridized carbons (Fsp3) is 0.308. The highest BCUT2D eigenvalue weighted by atomic mass is 19.1. The van der Waals surface area contributed by atoms with Crippen molar-refractivity contribution >= 4 is 17.8 Å². The van der Waals surface area contributed by atoms with Crippen LogP contribution in [0.2, 0.25) is 0 Å². The molecular formula is C13H12FNO5. The number of rotatable bonds is 4. The third kappa shape index (κ3) is 3.31. The summed E-state index contributed by atoms with van der Waals surface area (Å²) in [4.78, 5) is 33.0. The van der Waals surface area contributed by atoms with Gasteiger partial charge in [0.1, 0.15) is 11.6 Å². The zero-order valence-electron chi connectivity index (χ0n) is 10.4. The predicted octanol–water partition coefficient (Wildman–Crippen LogP) is 0.637. The number of nitrogens with one attached hydrogen (secondary N) is 1. The monoisotopic (exact) mass is 281 g/mol. The maximum absolute atomic E-state index is 13.6. The number of hydrogen-bond acceptors (Lipinski definition) is 4. The van der Waals surface area contributed by atoms with E-state index in [4.69, 9.17) is 9.84 Å². The highest BCUT2D eigenvalue weighted by Gasteiger charge is 2.28. The summed E-state index contributed by atoms with van der Waals surface area (Å²) in [6.45, 7) is 0. The van der Waals surface area contributed by atoms with E-state index in [-0.39, 0.29) is 30.1 Å². The molecule has 2 N–H and O–H groups in total. The summed E-state index contributed by atoms with van der Waals surface area (Å²) < 4.78 is 18.9. The van der Waals surface area contributed by atoms with Gasteiger partial charge in [0.15, 0.2) is 6.10 Å². The largest absolute Gasteiger partial charge is 0.481 e. The molecule has 2 amide bonds. The van der Waals surface area contributed by atoms with Gasteiger partial charge in [0.05, 0.1) is 6.42 Å². The molecule has 1 heterocycles. The fourth-order valence-electron chi connectivity index (χ4n) is 1.86. The van der Waals surface area contributed by atoms with Crippen LogP contribution in [-0.4, -0.2) is 29.0 Å². The van der Waals surface area contributed by atoms with Gasteiger partial charge in [0, 0.05) is 18.9 Å². The SMILES string of the molecule is O=C(O)Cc1ccc(OC2CCC(=O)NC2=O)cc1F. The van der Waals surface area contributed by atoms with Crippen LogP contribution in [0.4, 0.5) is 4.39 Å². The number of benzene rings is 1. The number of carboxylic acid groups (broad SMARTS) is 1. The zero-order chi connectivity index (χ0) is 14.7. The van der Waals surface area contributed by atoms with Crippen LogP contribution in [0, 0.1) is 5.82 Å². The molecule has 0 radical (unpaired) electrons. The Hall–Kier alpha value is -2.44. The number of carboxylic acids is 1.